The van der Waals surface area contributed by atoms with Crippen molar-refractivity contribution in [3.05, 3.63) is 84.1 Å². The molecule has 0 bridgehead atoms. The molecule has 496 valence electrons. The van der Waals surface area contributed by atoms with Gasteiger partial charge < -0.3 is 89.5 Å². The molecule has 30 heteroatoms. The van der Waals surface area contributed by atoms with Crippen molar-refractivity contribution in [3.63, 3.8) is 0 Å². The molecular weight excluding hydrogens is 1180 g/mol. The Bertz CT molecular complexity index is 3190. The number of phenols is 1. The SMILES string of the molecule is CC(=O)O.CCNC(=O)[C@@H]1CCCN1C(=O)[C@H](CCCN=C(N)N)NC(=O)[C@H](CC(C)C)NC(=O)[C@H](NC(=O)[C@H](Cc1ccc(O)cc1)NC(=O)[C@H](CO)NC(=O)[C@H](Cc1c[nH]c2ccccc12)NC(=O)[C@H](Cc1cnc[nH]1)NC(=O)[C@@H]1CCC(=O)N1)C(C)(C)C. The minimum absolute atomic E-state index is 0.0821. The van der Waals surface area contributed by atoms with Crippen molar-refractivity contribution in [2.45, 2.75) is 167 Å². The van der Waals surface area contributed by atoms with Crippen molar-refractivity contribution in [1.29, 1.82) is 0 Å². The van der Waals surface area contributed by atoms with Gasteiger partial charge in [-0.25, -0.2) is 4.98 Å². The fraction of sp³-hybridized carbons (Fsp3) is 0.525. The summed E-state index contributed by atoms with van der Waals surface area (Å²) in [5.74, 6) is -8.25. The van der Waals surface area contributed by atoms with Crippen LogP contribution in [0.3, 0.4) is 0 Å². The highest BCUT2D eigenvalue weighted by molar-refractivity contribution is 5.99. The first kappa shape index (κ1) is 72.1. The van der Waals surface area contributed by atoms with E-state index in [1.165, 1.54) is 41.7 Å². The van der Waals surface area contributed by atoms with Crippen molar-refractivity contribution in [3.8, 4) is 5.75 Å². The van der Waals surface area contributed by atoms with Crippen LogP contribution in [0.1, 0.15) is 110 Å². The maximum atomic E-state index is 14.8. The predicted molar refractivity (Wildman–Crippen MR) is 333 cm³/mol. The number of carbonyl (C=O) groups excluding carboxylic acids is 10. The number of imidazole rings is 1. The summed E-state index contributed by atoms with van der Waals surface area (Å²) in [5, 5.41) is 53.3. The topological polar surface area (TPSA) is 469 Å². The van der Waals surface area contributed by atoms with Gasteiger partial charge in [0, 0.05) is 81.2 Å². The molecule has 18 N–H and O–H groups in total. The number of likely N-dealkylation sites (N-methyl/N-ethyl adjacent to an activating group) is 1. The summed E-state index contributed by atoms with van der Waals surface area (Å²) in [5.41, 5.74) is 12.2. The third kappa shape index (κ3) is 22.4. The van der Waals surface area contributed by atoms with Gasteiger partial charge in [0.25, 0.3) is 5.97 Å². The number of aromatic nitrogens is 3. The van der Waals surface area contributed by atoms with Crippen molar-refractivity contribution in [1.82, 2.24) is 67.7 Å². The molecule has 30 nitrogen and oxygen atoms in total. The Morgan fingerprint density at radius 3 is 1.93 bits per heavy atom. The van der Waals surface area contributed by atoms with Gasteiger partial charge in [0.2, 0.25) is 59.1 Å². The van der Waals surface area contributed by atoms with Gasteiger partial charge >= 0.3 is 0 Å². The number of aliphatic hydroxyl groups excluding tert-OH is 1. The molecule has 0 spiro atoms. The number of phenolic OH excluding ortho intramolecular Hbond substituents is 1. The van der Waals surface area contributed by atoms with Crippen LogP contribution in [0.4, 0.5) is 0 Å². The van der Waals surface area contributed by atoms with Gasteiger partial charge in [-0.05, 0) is 86.1 Å². The van der Waals surface area contributed by atoms with Gasteiger partial charge in [0.05, 0.1) is 12.9 Å². The zero-order valence-electron chi connectivity index (χ0n) is 52.4. The number of carboxylic acid groups (broad SMARTS) is 1. The average Bonchev–Trinajstić information content (AvgIpc) is 1.99. The Kier molecular flexibility index (Phi) is 27.3. The van der Waals surface area contributed by atoms with Crippen molar-refractivity contribution >= 4 is 81.9 Å². The van der Waals surface area contributed by atoms with Gasteiger partial charge in [-0.3, -0.25) is 57.7 Å². The molecule has 0 aliphatic carbocycles. The molecule has 2 aliphatic rings. The number of hydrogen-bond acceptors (Lipinski definition) is 15. The van der Waals surface area contributed by atoms with Crippen LogP contribution in [0.5, 0.6) is 5.75 Å². The van der Waals surface area contributed by atoms with Crippen molar-refractivity contribution in [2.75, 3.05) is 26.2 Å². The number of H-pyrrole nitrogens is 2. The monoisotopic (exact) mass is 1270 g/mol. The van der Waals surface area contributed by atoms with Crippen LogP contribution in [-0.2, 0) is 72.0 Å². The zero-order valence-corrected chi connectivity index (χ0v) is 52.4. The second-order valence-corrected chi connectivity index (χ2v) is 23.9. The normalized spacial score (nSPS) is 16.8. The van der Waals surface area contributed by atoms with Gasteiger partial charge in [0.1, 0.15) is 60.1 Å². The molecule has 0 radical (unpaired) electrons. The number of nitrogens with two attached hydrogens (primary N) is 2. The molecule has 6 rings (SSSR count). The van der Waals surface area contributed by atoms with Crippen molar-refractivity contribution in [2.24, 2.45) is 27.8 Å². The summed E-state index contributed by atoms with van der Waals surface area (Å²) in [6.45, 7) is 11.3. The van der Waals surface area contributed by atoms with Crippen LogP contribution >= 0.6 is 0 Å². The number of aliphatic carboxylic acids is 1. The van der Waals surface area contributed by atoms with Gasteiger partial charge in [-0.2, -0.15) is 0 Å². The number of aromatic amines is 2. The lowest BCUT2D eigenvalue weighted by atomic mass is 9.85. The Labute approximate surface area is 526 Å². The molecule has 0 saturated carbocycles. The summed E-state index contributed by atoms with van der Waals surface area (Å²) >= 11 is 0. The molecule has 2 aromatic carbocycles. The highest BCUT2D eigenvalue weighted by Crippen LogP contribution is 2.24. The molecule has 0 unspecified atom stereocenters. The number of aliphatic imine (C=N–C) groups is 1. The van der Waals surface area contributed by atoms with E-state index in [4.69, 9.17) is 21.4 Å². The molecule has 2 aromatic heterocycles. The summed E-state index contributed by atoms with van der Waals surface area (Å²) in [4.78, 5) is 164. The number of benzene rings is 2. The molecule has 10 amide bonds. The summed E-state index contributed by atoms with van der Waals surface area (Å²) in [7, 11) is 0. The molecule has 2 saturated heterocycles. The zero-order chi connectivity index (χ0) is 67.1. The Hall–Kier alpha value is -9.61. The lowest BCUT2D eigenvalue weighted by Gasteiger charge is -2.34. The number of nitrogens with one attached hydrogen (secondary N) is 11. The first-order valence-electron chi connectivity index (χ1n) is 30.2. The fourth-order valence-electron chi connectivity index (χ4n) is 10.4. The Morgan fingerprint density at radius 2 is 1.34 bits per heavy atom. The molecule has 2 fully saturated rings. The summed E-state index contributed by atoms with van der Waals surface area (Å²) in [6, 6.07) is 1.42. The minimum atomic E-state index is -1.76. The van der Waals surface area contributed by atoms with E-state index in [-0.39, 0.29) is 93.9 Å². The second-order valence-electron chi connectivity index (χ2n) is 23.9. The number of aromatic hydroxyl groups is 1. The van der Waals surface area contributed by atoms with Crippen LogP contribution < -0.4 is 59.3 Å². The second kappa shape index (κ2) is 34.4. The maximum Gasteiger partial charge on any atom is 0.300 e. The van der Waals surface area contributed by atoms with Gasteiger partial charge in [0.15, 0.2) is 5.96 Å². The van der Waals surface area contributed by atoms with E-state index in [2.05, 4.69) is 67.8 Å². The van der Waals surface area contributed by atoms with E-state index < -0.39 is 120 Å². The standard InChI is InChI=1S/C59H84N16O12.C2H4O2/c1-7-63-55(85)46-15-11-23-75(46)57(87)40(14-10-22-64-58(60)61)68-50(80)41(24-32(2)3)72-56(86)48(59(4,5)6)74-53(83)42(25-33-16-18-36(77)19-17-33)69-54(84)45(30-76)73-51(81)43(26-34-28-65-38-13-9-8-12-37(34)38)70-52(82)44(27-35-29-62-31-66-35)71-49(79)39-20-21-47(78)67-39;1-2(3)4/h8-9,12-13,16-19,28-29,31-32,39-46,48,65,76-77H,7,10-11,14-15,20-27,30H2,1-6H3,(H,62,66)(H,63,85)(H,67,78)(H,68,80)(H,69,84)(H,70,82)(H,71,79)(H,72,86)(H,73,81)(H,74,83)(H4,60,61,64);1H3,(H,3,4)/t39-,40-,41-,42-,43-,44-,45-,46-,48-;/m0./s1. The predicted octanol–water partition coefficient (Wildman–Crippen LogP) is -1.35. The molecule has 9 atom stereocenters. The third-order valence-electron chi connectivity index (χ3n) is 15.0. The van der Waals surface area contributed by atoms with Crippen LogP contribution in [0.15, 0.2) is 72.2 Å². The summed E-state index contributed by atoms with van der Waals surface area (Å²) in [6.07, 6.45) is 5.71. The first-order valence-corrected chi connectivity index (χ1v) is 30.2. The maximum absolute atomic E-state index is 14.8. The molecule has 2 aliphatic heterocycles. The largest absolute Gasteiger partial charge is 0.508 e. The van der Waals surface area contributed by atoms with Crippen LogP contribution in [0.2, 0.25) is 0 Å². The number of amides is 10. The lowest BCUT2D eigenvalue weighted by molar-refractivity contribution is -0.142. The van der Waals surface area contributed by atoms with Gasteiger partial charge in [-0.15, -0.1) is 0 Å². The number of para-hydroxylation sites is 1. The van der Waals surface area contributed by atoms with Crippen LogP contribution in [0.25, 0.3) is 10.9 Å². The molecule has 4 heterocycles. The van der Waals surface area contributed by atoms with E-state index in [1.54, 1.807) is 52.1 Å². The van der Waals surface area contributed by atoms with E-state index in [9.17, 15) is 58.2 Å². The molecular formula is C61H88N16O14. The number of carbonyl (C=O) groups is 11. The Balaban J connectivity index is 0.00000365. The number of rotatable bonds is 30. The van der Waals surface area contributed by atoms with E-state index in [0.29, 0.717) is 41.6 Å². The fourth-order valence-corrected chi connectivity index (χ4v) is 10.4. The molecule has 4 aromatic rings. The number of nitrogens with zero attached hydrogens (tertiary/aromatic N) is 3. The van der Waals surface area contributed by atoms with E-state index in [0.717, 1.165) is 12.4 Å². The Morgan fingerprint density at radius 1 is 0.747 bits per heavy atom. The number of likely N-dealkylation sites (tertiary alicyclic amines) is 1. The van der Waals surface area contributed by atoms with Crippen LogP contribution in [0, 0.1) is 11.3 Å². The third-order valence-corrected chi connectivity index (χ3v) is 15.0. The number of aliphatic hydroxyl groups is 1. The quantitative estimate of drug-likeness (QED) is 0.0163. The summed E-state index contributed by atoms with van der Waals surface area (Å²) < 4.78 is 0. The highest BCUT2D eigenvalue weighted by Gasteiger charge is 2.41. The number of guanidine groups is 1. The lowest BCUT2D eigenvalue weighted by Crippen LogP contribution is -2.63. The van der Waals surface area contributed by atoms with Gasteiger partial charge in [-0.1, -0.05) is 65.0 Å². The van der Waals surface area contributed by atoms with E-state index in [1.807, 2.05) is 19.9 Å². The van der Waals surface area contributed by atoms with Crippen LogP contribution in [-0.4, -0.2) is 187 Å². The minimum Gasteiger partial charge on any atom is -0.508 e. The first-order chi connectivity index (χ1) is 43.1. The number of hydrogen-bond donors (Lipinski definition) is 16. The average molecular weight is 1270 g/mol. The smallest absolute Gasteiger partial charge is 0.300 e. The highest BCUT2D eigenvalue weighted by atomic mass is 16.4. The number of fused-ring (bicyclic) bond motifs is 1. The molecule has 91 heavy (non-hydrogen) atoms. The number of carboxylic acids is 1. The van der Waals surface area contributed by atoms with Crippen molar-refractivity contribution < 1.29 is 68.1 Å². The van der Waals surface area contributed by atoms with E-state index >= 15 is 0 Å².